The van der Waals surface area contributed by atoms with Crippen LogP contribution >= 0.6 is 0 Å². The van der Waals surface area contributed by atoms with Crippen molar-refractivity contribution in [2.45, 2.75) is 25.4 Å². The second kappa shape index (κ2) is 4.25. The molecule has 1 fully saturated rings. The zero-order valence-electron chi connectivity index (χ0n) is 8.20. The van der Waals surface area contributed by atoms with Gasteiger partial charge in [0, 0.05) is 6.61 Å². The van der Waals surface area contributed by atoms with Crippen LogP contribution in [0, 0.1) is 0 Å². The molecule has 0 aromatic rings. The van der Waals surface area contributed by atoms with E-state index in [1.54, 1.807) is 6.92 Å². The molecule has 1 heterocycles. The number of carbonyl (C=O) groups is 2. The predicted molar refractivity (Wildman–Crippen MR) is 48.6 cm³/mol. The highest BCUT2D eigenvalue weighted by Gasteiger charge is 2.47. The SMILES string of the molecule is CCOC1(CC(=O)O)CC(=O)NC1=C=O. The number of aliphatic carboxylic acids is 1. The lowest BCUT2D eigenvalue weighted by molar-refractivity contribution is -0.143. The van der Waals surface area contributed by atoms with E-state index in [9.17, 15) is 14.4 Å². The molecule has 6 heteroatoms. The average molecular weight is 213 g/mol. The third-order valence-electron chi connectivity index (χ3n) is 2.13. The molecule has 15 heavy (non-hydrogen) atoms. The number of carboxylic acids is 1. The van der Waals surface area contributed by atoms with E-state index in [0.29, 0.717) is 0 Å². The van der Waals surface area contributed by atoms with Crippen LogP contribution in [-0.4, -0.2) is 35.1 Å². The first-order valence-corrected chi connectivity index (χ1v) is 4.45. The fraction of sp³-hybridized carbons (Fsp3) is 0.556. The Balaban J connectivity index is 3.03. The van der Waals surface area contributed by atoms with Gasteiger partial charge in [-0.1, -0.05) is 0 Å². The summed E-state index contributed by atoms with van der Waals surface area (Å²) in [4.78, 5) is 32.3. The first kappa shape index (κ1) is 11.4. The Labute approximate surface area is 85.9 Å². The van der Waals surface area contributed by atoms with E-state index in [1.807, 2.05) is 0 Å². The van der Waals surface area contributed by atoms with E-state index in [2.05, 4.69) is 5.32 Å². The minimum absolute atomic E-state index is 0.128. The van der Waals surface area contributed by atoms with Gasteiger partial charge in [0.2, 0.25) is 5.91 Å². The molecule has 1 aliphatic heterocycles. The largest absolute Gasteiger partial charge is 0.481 e. The minimum atomic E-state index is -1.36. The van der Waals surface area contributed by atoms with E-state index in [4.69, 9.17) is 9.84 Å². The summed E-state index contributed by atoms with van der Waals surface area (Å²) in [5, 5.41) is 11.0. The lowest BCUT2D eigenvalue weighted by Crippen LogP contribution is -2.36. The monoisotopic (exact) mass is 213 g/mol. The number of amides is 1. The van der Waals surface area contributed by atoms with Crippen LogP contribution in [-0.2, 0) is 19.1 Å². The van der Waals surface area contributed by atoms with Gasteiger partial charge in [0.05, 0.1) is 12.8 Å². The number of ether oxygens (including phenoxy) is 1. The summed E-state index contributed by atoms with van der Waals surface area (Å²) in [5.74, 6) is -0.0377. The Hall–Kier alpha value is -1.65. The molecule has 1 rings (SSSR count). The van der Waals surface area contributed by atoms with Crippen molar-refractivity contribution in [3.8, 4) is 0 Å². The van der Waals surface area contributed by atoms with Crippen molar-refractivity contribution in [3.05, 3.63) is 5.70 Å². The predicted octanol–water partition coefficient (Wildman–Crippen LogP) is -0.528. The van der Waals surface area contributed by atoms with Gasteiger partial charge < -0.3 is 15.2 Å². The van der Waals surface area contributed by atoms with Crippen molar-refractivity contribution in [2.75, 3.05) is 6.61 Å². The van der Waals surface area contributed by atoms with Crippen LogP contribution in [0.25, 0.3) is 0 Å². The first-order chi connectivity index (χ1) is 7.04. The molecule has 0 aromatic carbocycles. The number of hydrogen-bond acceptors (Lipinski definition) is 4. The number of carbonyl (C=O) groups excluding carboxylic acids is 2. The molecule has 1 saturated heterocycles. The standard InChI is InChI=1S/C9H11NO5/c1-2-15-9(4-8(13)14)3-7(12)10-6(9)5-11/h2-4H2,1H3,(H,10,12)(H,13,14). The minimum Gasteiger partial charge on any atom is -0.481 e. The number of rotatable bonds is 4. The van der Waals surface area contributed by atoms with Crippen LogP contribution in [0.5, 0.6) is 0 Å². The molecular formula is C9H11NO5. The highest BCUT2D eigenvalue weighted by Crippen LogP contribution is 2.31. The Morgan fingerprint density at radius 2 is 2.40 bits per heavy atom. The lowest BCUT2D eigenvalue weighted by Gasteiger charge is -2.24. The summed E-state index contributed by atoms with van der Waals surface area (Å²) in [6.07, 6.45) is -0.581. The summed E-state index contributed by atoms with van der Waals surface area (Å²) < 4.78 is 5.21. The fourth-order valence-corrected chi connectivity index (χ4v) is 1.61. The van der Waals surface area contributed by atoms with Crippen molar-refractivity contribution in [3.63, 3.8) is 0 Å². The van der Waals surface area contributed by atoms with Crippen molar-refractivity contribution < 1.29 is 24.2 Å². The number of carboxylic acid groups (broad SMARTS) is 1. The Bertz CT molecular complexity index is 344. The molecule has 1 unspecified atom stereocenters. The number of nitrogens with one attached hydrogen (secondary N) is 1. The van der Waals surface area contributed by atoms with Crippen molar-refractivity contribution in [2.24, 2.45) is 0 Å². The normalized spacial score (nSPS) is 24.9. The van der Waals surface area contributed by atoms with Gasteiger partial charge in [-0.2, -0.15) is 0 Å². The summed E-state index contributed by atoms with van der Waals surface area (Å²) in [5.41, 5.74) is -1.49. The van der Waals surface area contributed by atoms with Crippen molar-refractivity contribution >= 4 is 17.8 Å². The Kier molecular flexibility index (Phi) is 3.24. The summed E-state index contributed by atoms with van der Waals surface area (Å²) in [7, 11) is 0. The maximum absolute atomic E-state index is 11.1. The quantitative estimate of drug-likeness (QED) is 0.612. The average Bonchev–Trinajstić information content (AvgIpc) is 2.41. The number of hydrogen-bond donors (Lipinski definition) is 2. The molecule has 0 saturated carbocycles. The Morgan fingerprint density at radius 3 is 2.87 bits per heavy atom. The van der Waals surface area contributed by atoms with E-state index in [0.717, 1.165) is 0 Å². The molecule has 1 amide bonds. The highest BCUT2D eigenvalue weighted by molar-refractivity contribution is 5.89. The van der Waals surface area contributed by atoms with Gasteiger partial charge in [-0.05, 0) is 6.92 Å². The lowest BCUT2D eigenvalue weighted by atomic mass is 9.95. The molecule has 1 aliphatic rings. The zero-order chi connectivity index (χ0) is 11.5. The van der Waals surface area contributed by atoms with Gasteiger partial charge in [-0.25, -0.2) is 4.79 Å². The van der Waals surface area contributed by atoms with Crippen molar-refractivity contribution in [1.82, 2.24) is 5.32 Å². The molecule has 6 nitrogen and oxygen atoms in total. The highest BCUT2D eigenvalue weighted by atomic mass is 16.5. The molecule has 82 valence electrons. The third-order valence-corrected chi connectivity index (χ3v) is 2.13. The molecule has 0 aromatic heterocycles. The van der Waals surface area contributed by atoms with Crippen LogP contribution in [0.4, 0.5) is 0 Å². The smallest absolute Gasteiger partial charge is 0.306 e. The zero-order valence-corrected chi connectivity index (χ0v) is 8.20. The summed E-state index contributed by atoms with van der Waals surface area (Å²) in [6.45, 7) is 1.88. The molecule has 0 aliphatic carbocycles. The van der Waals surface area contributed by atoms with Gasteiger partial charge in [-0.3, -0.25) is 9.59 Å². The molecular weight excluding hydrogens is 202 g/mol. The van der Waals surface area contributed by atoms with Crippen LogP contribution in [0.1, 0.15) is 19.8 Å². The van der Waals surface area contributed by atoms with E-state index in [-0.39, 0.29) is 18.7 Å². The van der Waals surface area contributed by atoms with Gasteiger partial charge in [0.15, 0.2) is 0 Å². The molecule has 0 bridgehead atoms. The van der Waals surface area contributed by atoms with Crippen LogP contribution in [0.3, 0.4) is 0 Å². The van der Waals surface area contributed by atoms with Gasteiger partial charge in [0.25, 0.3) is 0 Å². The molecule has 0 spiro atoms. The van der Waals surface area contributed by atoms with Gasteiger partial charge in [0.1, 0.15) is 17.2 Å². The fourth-order valence-electron chi connectivity index (χ4n) is 1.61. The van der Waals surface area contributed by atoms with Crippen molar-refractivity contribution in [1.29, 1.82) is 0 Å². The van der Waals surface area contributed by atoms with E-state index >= 15 is 0 Å². The maximum atomic E-state index is 11.1. The Morgan fingerprint density at radius 1 is 1.73 bits per heavy atom. The van der Waals surface area contributed by atoms with E-state index < -0.39 is 23.9 Å². The maximum Gasteiger partial charge on any atom is 0.306 e. The second-order valence-corrected chi connectivity index (χ2v) is 3.20. The summed E-state index contributed by atoms with van der Waals surface area (Å²) in [6, 6.07) is 0. The van der Waals surface area contributed by atoms with Gasteiger partial charge in [-0.15, -0.1) is 0 Å². The van der Waals surface area contributed by atoms with E-state index in [1.165, 1.54) is 5.94 Å². The van der Waals surface area contributed by atoms with Crippen LogP contribution in [0.2, 0.25) is 0 Å². The topological polar surface area (TPSA) is 92.7 Å². The second-order valence-electron chi connectivity index (χ2n) is 3.20. The van der Waals surface area contributed by atoms with Gasteiger partial charge >= 0.3 is 5.97 Å². The van der Waals surface area contributed by atoms with Crippen LogP contribution < -0.4 is 5.32 Å². The molecule has 1 atom stereocenters. The molecule has 0 radical (unpaired) electrons. The van der Waals surface area contributed by atoms with Crippen LogP contribution in [0.15, 0.2) is 5.70 Å². The summed E-state index contributed by atoms with van der Waals surface area (Å²) >= 11 is 0. The third kappa shape index (κ3) is 2.23. The first-order valence-electron chi connectivity index (χ1n) is 4.45. The molecule has 2 N–H and O–H groups in total.